The monoisotopic (exact) mass is 365 g/mol. The minimum atomic E-state index is 0.127. The standard InChI is InChI=1S/C24H31NO2/c26-18-21-7-5-19(6-8-21)15-22-13-14-25(17-22)16-20-9-11-24(12-10-20)27-23-3-1-2-4-23/h5-12,22-23,26H,1-4,13-18H2/t22-/m0/s1. The zero-order valence-electron chi connectivity index (χ0n) is 16.1. The van der Waals surface area contributed by atoms with E-state index in [9.17, 15) is 0 Å². The number of nitrogens with zero attached hydrogens (tertiary/aromatic N) is 1. The van der Waals surface area contributed by atoms with Crippen molar-refractivity contribution in [3.63, 3.8) is 0 Å². The fourth-order valence-electron chi connectivity index (χ4n) is 4.47. The van der Waals surface area contributed by atoms with Crippen LogP contribution in [0.3, 0.4) is 0 Å². The van der Waals surface area contributed by atoms with E-state index in [2.05, 4.69) is 41.3 Å². The molecule has 1 aliphatic heterocycles. The Morgan fingerprint density at radius 2 is 1.52 bits per heavy atom. The van der Waals surface area contributed by atoms with Gasteiger partial charge in [-0.15, -0.1) is 0 Å². The zero-order valence-corrected chi connectivity index (χ0v) is 16.1. The highest BCUT2D eigenvalue weighted by Gasteiger charge is 2.22. The van der Waals surface area contributed by atoms with Gasteiger partial charge in [0.05, 0.1) is 12.7 Å². The van der Waals surface area contributed by atoms with Crippen LogP contribution in [0, 0.1) is 5.92 Å². The molecule has 2 aromatic rings. The molecule has 4 rings (SSSR count). The summed E-state index contributed by atoms with van der Waals surface area (Å²) in [4.78, 5) is 2.57. The first-order valence-corrected chi connectivity index (χ1v) is 10.4. The predicted octanol–water partition coefficient (Wildman–Crippen LogP) is 4.56. The van der Waals surface area contributed by atoms with Crippen molar-refractivity contribution >= 4 is 0 Å². The third kappa shape index (κ3) is 5.12. The number of aliphatic hydroxyl groups is 1. The van der Waals surface area contributed by atoms with Crippen molar-refractivity contribution < 1.29 is 9.84 Å². The molecule has 2 fully saturated rings. The second kappa shape index (κ2) is 8.90. The summed E-state index contributed by atoms with van der Waals surface area (Å²) in [5, 5.41) is 9.16. The molecule has 0 radical (unpaired) electrons. The summed E-state index contributed by atoms with van der Waals surface area (Å²) in [6.45, 7) is 3.51. The molecule has 144 valence electrons. The molecule has 1 atom stereocenters. The molecule has 0 aromatic heterocycles. The lowest BCUT2D eigenvalue weighted by Crippen LogP contribution is -2.20. The number of hydrogen-bond donors (Lipinski definition) is 1. The first kappa shape index (κ1) is 18.5. The number of aliphatic hydroxyl groups excluding tert-OH is 1. The van der Waals surface area contributed by atoms with E-state index in [1.165, 1.54) is 56.3 Å². The van der Waals surface area contributed by atoms with Crippen LogP contribution >= 0.6 is 0 Å². The van der Waals surface area contributed by atoms with Crippen molar-refractivity contribution in [2.45, 2.75) is 57.8 Å². The van der Waals surface area contributed by atoms with E-state index in [1.54, 1.807) is 0 Å². The van der Waals surface area contributed by atoms with Crippen molar-refractivity contribution in [1.29, 1.82) is 0 Å². The molecule has 0 bridgehead atoms. The van der Waals surface area contributed by atoms with Gasteiger partial charge in [-0.1, -0.05) is 36.4 Å². The number of rotatable bonds is 7. The molecule has 1 saturated carbocycles. The van der Waals surface area contributed by atoms with E-state index in [0.717, 1.165) is 30.2 Å². The topological polar surface area (TPSA) is 32.7 Å². The number of likely N-dealkylation sites (tertiary alicyclic amines) is 1. The summed E-state index contributed by atoms with van der Waals surface area (Å²) >= 11 is 0. The SMILES string of the molecule is OCc1ccc(C[C@@H]2CCN(Cc3ccc(OC4CCCC4)cc3)C2)cc1. The van der Waals surface area contributed by atoms with Gasteiger partial charge in [0.1, 0.15) is 5.75 Å². The minimum absolute atomic E-state index is 0.127. The first-order valence-electron chi connectivity index (χ1n) is 10.4. The van der Waals surface area contributed by atoms with Crippen molar-refractivity contribution in [3.8, 4) is 5.75 Å². The Bertz CT molecular complexity index is 704. The largest absolute Gasteiger partial charge is 0.490 e. The molecule has 0 amide bonds. The second-order valence-corrected chi connectivity index (χ2v) is 8.24. The molecule has 3 nitrogen and oxygen atoms in total. The minimum Gasteiger partial charge on any atom is -0.490 e. The van der Waals surface area contributed by atoms with Crippen LogP contribution in [0.15, 0.2) is 48.5 Å². The Hall–Kier alpha value is -1.84. The highest BCUT2D eigenvalue weighted by molar-refractivity contribution is 5.28. The van der Waals surface area contributed by atoms with E-state index in [1.807, 2.05) is 12.1 Å². The third-order valence-corrected chi connectivity index (χ3v) is 6.03. The van der Waals surface area contributed by atoms with E-state index >= 15 is 0 Å². The van der Waals surface area contributed by atoms with Crippen LogP contribution in [0.1, 0.15) is 48.8 Å². The average molecular weight is 366 g/mol. The maximum atomic E-state index is 9.16. The van der Waals surface area contributed by atoms with E-state index in [-0.39, 0.29) is 6.61 Å². The van der Waals surface area contributed by atoms with Gasteiger partial charge in [0.25, 0.3) is 0 Å². The van der Waals surface area contributed by atoms with Crippen molar-refractivity contribution in [3.05, 3.63) is 65.2 Å². The summed E-state index contributed by atoms with van der Waals surface area (Å²) in [6.07, 6.45) is 7.87. The van der Waals surface area contributed by atoms with E-state index in [4.69, 9.17) is 9.84 Å². The van der Waals surface area contributed by atoms with Gasteiger partial charge in [-0.05, 0) is 79.8 Å². The lowest BCUT2D eigenvalue weighted by atomic mass is 9.98. The fraction of sp³-hybridized carbons (Fsp3) is 0.500. The molecule has 0 unspecified atom stereocenters. The van der Waals surface area contributed by atoms with Gasteiger partial charge in [0.2, 0.25) is 0 Å². The van der Waals surface area contributed by atoms with Crippen LogP contribution < -0.4 is 4.74 Å². The van der Waals surface area contributed by atoms with E-state index < -0.39 is 0 Å². The average Bonchev–Trinajstić information content (AvgIpc) is 3.36. The third-order valence-electron chi connectivity index (χ3n) is 6.03. The first-order chi connectivity index (χ1) is 13.3. The van der Waals surface area contributed by atoms with Crippen LogP contribution in [0.25, 0.3) is 0 Å². The molecule has 3 heteroatoms. The molecule has 27 heavy (non-hydrogen) atoms. The molecule has 0 spiro atoms. The van der Waals surface area contributed by atoms with Gasteiger partial charge in [-0.25, -0.2) is 0 Å². The van der Waals surface area contributed by atoms with Gasteiger partial charge >= 0.3 is 0 Å². The molecular weight excluding hydrogens is 334 g/mol. The maximum absolute atomic E-state index is 9.16. The number of hydrogen-bond acceptors (Lipinski definition) is 3. The summed E-state index contributed by atoms with van der Waals surface area (Å²) < 4.78 is 6.07. The maximum Gasteiger partial charge on any atom is 0.119 e. The quantitative estimate of drug-likeness (QED) is 0.780. The van der Waals surface area contributed by atoms with Gasteiger partial charge < -0.3 is 9.84 Å². The predicted molar refractivity (Wildman–Crippen MR) is 109 cm³/mol. The number of benzene rings is 2. The Kier molecular flexibility index (Phi) is 6.10. The molecule has 2 aliphatic rings. The molecule has 2 aromatic carbocycles. The van der Waals surface area contributed by atoms with Crippen LogP contribution in [0.5, 0.6) is 5.75 Å². The summed E-state index contributed by atoms with van der Waals surface area (Å²) in [5.41, 5.74) is 3.75. The van der Waals surface area contributed by atoms with Crippen molar-refractivity contribution in [2.75, 3.05) is 13.1 Å². The summed E-state index contributed by atoms with van der Waals surface area (Å²) in [7, 11) is 0. The van der Waals surface area contributed by atoms with Crippen LogP contribution in [0.2, 0.25) is 0 Å². The Morgan fingerprint density at radius 1 is 0.852 bits per heavy atom. The van der Waals surface area contributed by atoms with E-state index in [0.29, 0.717) is 6.10 Å². The molecule has 1 N–H and O–H groups in total. The zero-order chi connectivity index (χ0) is 18.5. The summed E-state index contributed by atoms with van der Waals surface area (Å²) in [5.74, 6) is 1.76. The van der Waals surface area contributed by atoms with Gasteiger partial charge in [-0.3, -0.25) is 4.90 Å². The highest BCUT2D eigenvalue weighted by atomic mass is 16.5. The molecular formula is C24H31NO2. The van der Waals surface area contributed by atoms with Crippen molar-refractivity contribution in [1.82, 2.24) is 4.90 Å². The Labute approximate surface area is 163 Å². The highest BCUT2D eigenvalue weighted by Crippen LogP contribution is 2.26. The van der Waals surface area contributed by atoms with Crippen molar-refractivity contribution in [2.24, 2.45) is 5.92 Å². The van der Waals surface area contributed by atoms with Crippen LogP contribution in [-0.4, -0.2) is 29.2 Å². The van der Waals surface area contributed by atoms with Gasteiger partial charge in [0.15, 0.2) is 0 Å². The van der Waals surface area contributed by atoms with Crippen LogP contribution in [0.4, 0.5) is 0 Å². The molecule has 1 saturated heterocycles. The lowest BCUT2D eigenvalue weighted by Gasteiger charge is -2.17. The van der Waals surface area contributed by atoms with Gasteiger partial charge in [0, 0.05) is 13.1 Å². The summed E-state index contributed by atoms with van der Waals surface area (Å²) in [6, 6.07) is 17.1. The number of ether oxygens (including phenoxy) is 1. The molecule has 1 aliphatic carbocycles. The molecule has 1 heterocycles. The Morgan fingerprint density at radius 3 is 2.22 bits per heavy atom. The Balaban J connectivity index is 1.25. The fourth-order valence-corrected chi connectivity index (χ4v) is 4.47. The lowest BCUT2D eigenvalue weighted by molar-refractivity contribution is 0.210. The van der Waals surface area contributed by atoms with Gasteiger partial charge in [-0.2, -0.15) is 0 Å². The second-order valence-electron chi connectivity index (χ2n) is 8.24. The smallest absolute Gasteiger partial charge is 0.119 e. The normalized spacial score (nSPS) is 21.0. The van der Waals surface area contributed by atoms with Crippen LogP contribution in [-0.2, 0) is 19.6 Å².